The molecule has 192 valence electrons. The molecule has 3 amide bonds. The number of hydrogen-bond donors (Lipinski definition) is 1. The van der Waals surface area contributed by atoms with E-state index in [1.165, 1.54) is 17.0 Å². The molecular formula is C27H32FN3O3S2. The monoisotopic (exact) mass is 529 g/mol. The molecule has 0 fully saturated rings. The molecule has 6 nitrogen and oxygen atoms in total. The number of thiophene rings is 1. The van der Waals surface area contributed by atoms with Crippen LogP contribution < -0.4 is 5.32 Å². The summed E-state index contributed by atoms with van der Waals surface area (Å²) >= 11 is 3.21. The van der Waals surface area contributed by atoms with Gasteiger partial charge in [0.1, 0.15) is 12.4 Å². The van der Waals surface area contributed by atoms with Crippen molar-refractivity contribution in [2.45, 2.75) is 31.3 Å². The standard InChI is InChI=1S/C27H32FN3O3S2/c1-20-13-16-36-25(20)18-31(17-21-5-7-22(28)8-6-21)26(32)19-30(14-4-15-34-2)27(33)29-23-9-11-24(35-3)12-10-23/h5-13,16H,4,14-15,17-19H2,1-3H3,(H,29,33). The lowest BCUT2D eigenvalue weighted by molar-refractivity contribution is -0.133. The van der Waals surface area contributed by atoms with Gasteiger partial charge in [0.05, 0.1) is 6.54 Å². The van der Waals surface area contributed by atoms with Crippen LogP contribution in [-0.2, 0) is 22.6 Å². The van der Waals surface area contributed by atoms with Crippen molar-refractivity contribution in [1.82, 2.24) is 9.80 Å². The van der Waals surface area contributed by atoms with E-state index >= 15 is 0 Å². The maximum Gasteiger partial charge on any atom is 0.322 e. The highest BCUT2D eigenvalue weighted by atomic mass is 32.2. The molecule has 0 aliphatic rings. The number of carbonyl (C=O) groups excluding carboxylic acids is 2. The molecule has 0 saturated carbocycles. The smallest absolute Gasteiger partial charge is 0.322 e. The average molecular weight is 530 g/mol. The summed E-state index contributed by atoms with van der Waals surface area (Å²) < 4.78 is 18.6. The third-order valence-corrected chi connectivity index (χ3v) is 7.42. The van der Waals surface area contributed by atoms with Crippen molar-refractivity contribution in [3.63, 3.8) is 0 Å². The Labute approximate surface area is 220 Å². The maximum atomic E-state index is 13.5. The minimum absolute atomic E-state index is 0.0793. The van der Waals surface area contributed by atoms with Crippen LogP contribution in [-0.4, -0.2) is 54.8 Å². The normalized spacial score (nSPS) is 10.8. The van der Waals surface area contributed by atoms with Crippen molar-refractivity contribution < 1.29 is 18.7 Å². The Morgan fingerprint density at radius 1 is 1.03 bits per heavy atom. The van der Waals surface area contributed by atoms with Crippen molar-refractivity contribution in [2.75, 3.05) is 38.4 Å². The maximum absolute atomic E-state index is 13.5. The summed E-state index contributed by atoms with van der Waals surface area (Å²) in [6.07, 6.45) is 2.59. The van der Waals surface area contributed by atoms with Crippen molar-refractivity contribution in [3.8, 4) is 0 Å². The topological polar surface area (TPSA) is 61.9 Å². The number of aryl methyl sites for hydroxylation is 1. The van der Waals surface area contributed by atoms with Gasteiger partial charge in [0.15, 0.2) is 0 Å². The molecule has 0 aliphatic heterocycles. The Balaban J connectivity index is 1.76. The van der Waals surface area contributed by atoms with Gasteiger partial charge in [0, 0.05) is 42.3 Å². The number of methoxy groups -OCH3 is 1. The number of benzene rings is 2. The number of ether oxygens (including phenoxy) is 1. The zero-order chi connectivity index (χ0) is 25.9. The van der Waals surface area contributed by atoms with Gasteiger partial charge in [0.2, 0.25) is 5.91 Å². The van der Waals surface area contributed by atoms with Gasteiger partial charge in [-0.05, 0) is 78.6 Å². The second-order valence-corrected chi connectivity index (χ2v) is 10.2. The van der Waals surface area contributed by atoms with Gasteiger partial charge in [-0.3, -0.25) is 4.79 Å². The minimum atomic E-state index is -0.342. The number of carbonyl (C=O) groups is 2. The lowest BCUT2D eigenvalue weighted by Gasteiger charge is -2.28. The van der Waals surface area contributed by atoms with Crippen LogP contribution in [0.1, 0.15) is 22.4 Å². The lowest BCUT2D eigenvalue weighted by Crippen LogP contribution is -2.44. The van der Waals surface area contributed by atoms with Crippen LogP contribution in [0.25, 0.3) is 0 Å². The third kappa shape index (κ3) is 8.36. The number of rotatable bonds is 12. The number of hydrogen-bond acceptors (Lipinski definition) is 5. The molecule has 0 atom stereocenters. The SMILES string of the molecule is COCCCN(CC(=O)N(Cc1ccc(F)cc1)Cc1sccc1C)C(=O)Nc1ccc(SC)cc1. The zero-order valence-electron chi connectivity index (χ0n) is 20.8. The molecule has 0 saturated heterocycles. The quantitative estimate of drug-likeness (QED) is 0.230. The number of halogens is 1. The number of thioether (sulfide) groups is 1. The Morgan fingerprint density at radius 3 is 2.36 bits per heavy atom. The minimum Gasteiger partial charge on any atom is -0.385 e. The van der Waals surface area contributed by atoms with Crippen molar-refractivity contribution in [3.05, 3.63) is 81.8 Å². The molecule has 0 bridgehead atoms. The van der Waals surface area contributed by atoms with Crippen LogP contribution in [0.3, 0.4) is 0 Å². The fourth-order valence-electron chi connectivity index (χ4n) is 3.57. The molecule has 1 N–H and O–H groups in total. The van der Waals surface area contributed by atoms with Crippen LogP contribution in [0.5, 0.6) is 0 Å². The van der Waals surface area contributed by atoms with E-state index in [-0.39, 0.29) is 24.3 Å². The summed E-state index contributed by atoms with van der Waals surface area (Å²) in [7, 11) is 1.61. The predicted molar refractivity (Wildman–Crippen MR) is 145 cm³/mol. The van der Waals surface area contributed by atoms with E-state index in [4.69, 9.17) is 4.74 Å². The van der Waals surface area contributed by atoms with Crippen molar-refractivity contribution in [1.29, 1.82) is 0 Å². The molecular weight excluding hydrogens is 497 g/mol. The van der Waals surface area contributed by atoms with Crippen LogP contribution >= 0.6 is 23.1 Å². The number of amides is 3. The molecule has 2 aromatic carbocycles. The van der Waals surface area contributed by atoms with Crippen LogP contribution in [0.15, 0.2) is 64.9 Å². The van der Waals surface area contributed by atoms with Gasteiger partial charge >= 0.3 is 6.03 Å². The van der Waals surface area contributed by atoms with Crippen molar-refractivity contribution >= 4 is 40.7 Å². The van der Waals surface area contributed by atoms with Gasteiger partial charge in [-0.25, -0.2) is 9.18 Å². The van der Waals surface area contributed by atoms with E-state index in [2.05, 4.69) is 5.32 Å². The van der Waals surface area contributed by atoms with E-state index in [0.29, 0.717) is 38.3 Å². The van der Waals surface area contributed by atoms with E-state index < -0.39 is 0 Å². The Bertz CT molecular complexity index is 1120. The largest absolute Gasteiger partial charge is 0.385 e. The van der Waals surface area contributed by atoms with Gasteiger partial charge in [-0.2, -0.15) is 0 Å². The first-order valence-electron chi connectivity index (χ1n) is 11.6. The summed E-state index contributed by atoms with van der Waals surface area (Å²) in [6, 6.07) is 15.4. The van der Waals surface area contributed by atoms with Crippen LogP contribution in [0, 0.1) is 12.7 Å². The van der Waals surface area contributed by atoms with E-state index in [0.717, 1.165) is 20.9 Å². The Hall–Kier alpha value is -2.88. The highest BCUT2D eigenvalue weighted by Crippen LogP contribution is 2.21. The Morgan fingerprint density at radius 2 is 1.75 bits per heavy atom. The molecule has 3 rings (SSSR count). The van der Waals surface area contributed by atoms with E-state index in [1.807, 2.05) is 48.9 Å². The van der Waals surface area contributed by atoms with Crippen LogP contribution in [0.4, 0.5) is 14.9 Å². The highest BCUT2D eigenvalue weighted by Gasteiger charge is 2.23. The molecule has 0 spiro atoms. The summed E-state index contributed by atoms with van der Waals surface area (Å²) in [5, 5.41) is 4.90. The van der Waals surface area contributed by atoms with E-state index in [9.17, 15) is 14.0 Å². The molecule has 0 aliphatic carbocycles. The first-order chi connectivity index (χ1) is 17.4. The fourth-order valence-corrected chi connectivity index (χ4v) is 4.90. The first kappa shape index (κ1) is 27.7. The third-order valence-electron chi connectivity index (χ3n) is 5.67. The zero-order valence-corrected chi connectivity index (χ0v) is 22.5. The average Bonchev–Trinajstić information content (AvgIpc) is 3.28. The number of urea groups is 1. The van der Waals surface area contributed by atoms with E-state index in [1.54, 1.807) is 47.2 Å². The molecule has 36 heavy (non-hydrogen) atoms. The molecule has 0 unspecified atom stereocenters. The Kier molecular flexibility index (Phi) is 10.8. The number of nitrogens with zero attached hydrogens (tertiary/aromatic N) is 2. The van der Waals surface area contributed by atoms with Crippen LogP contribution in [0.2, 0.25) is 0 Å². The summed E-state index contributed by atoms with van der Waals surface area (Å²) in [5.74, 6) is -0.505. The molecule has 0 radical (unpaired) electrons. The highest BCUT2D eigenvalue weighted by molar-refractivity contribution is 7.98. The molecule has 3 aromatic rings. The van der Waals surface area contributed by atoms with Gasteiger partial charge in [-0.1, -0.05) is 12.1 Å². The second kappa shape index (κ2) is 14.0. The summed E-state index contributed by atoms with van der Waals surface area (Å²) in [5.41, 5.74) is 2.60. The molecule has 1 heterocycles. The number of anilines is 1. The predicted octanol–water partition coefficient (Wildman–Crippen LogP) is 6.02. The second-order valence-electron chi connectivity index (χ2n) is 8.33. The molecule has 9 heteroatoms. The van der Waals surface area contributed by atoms with Gasteiger partial charge in [0.25, 0.3) is 0 Å². The van der Waals surface area contributed by atoms with Gasteiger partial charge < -0.3 is 19.9 Å². The fraction of sp³-hybridized carbons (Fsp3) is 0.333. The number of nitrogens with one attached hydrogen (secondary N) is 1. The first-order valence-corrected chi connectivity index (χ1v) is 13.7. The lowest BCUT2D eigenvalue weighted by atomic mass is 10.2. The molecule has 1 aromatic heterocycles. The van der Waals surface area contributed by atoms with Gasteiger partial charge in [-0.15, -0.1) is 23.1 Å². The summed E-state index contributed by atoms with van der Waals surface area (Å²) in [6.45, 7) is 3.53. The summed E-state index contributed by atoms with van der Waals surface area (Å²) in [4.78, 5) is 32.1. The van der Waals surface area contributed by atoms with Crippen molar-refractivity contribution in [2.24, 2.45) is 0 Å².